The third-order valence-corrected chi connectivity index (χ3v) is 5.47. The predicted octanol–water partition coefficient (Wildman–Crippen LogP) is 4.09. The van der Waals surface area contributed by atoms with Crippen molar-refractivity contribution in [2.45, 2.75) is 19.8 Å². The van der Waals surface area contributed by atoms with E-state index in [9.17, 15) is 9.59 Å². The van der Waals surface area contributed by atoms with Crippen molar-refractivity contribution in [3.63, 3.8) is 0 Å². The number of anilines is 1. The summed E-state index contributed by atoms with van der Waals surface area (Å²) in [4.78, 5) is 29.1. The second-order valence-electron chi connectivity index (χ2n) is 6.94. The number of nitrogens with zero attached hydrogens (tertiary/aromatic N) is 1. The fraction of sp³-hybridized carbons (Fsp3) is 0.261. The van der Waals surface area contributed by atoms with Crippen LogP contribution in [0.3, 0.4) is 0 Å². The summed E-state index contributed by atoms with van der Waals surface area (Å²) in [5.74, 6) is 1.58. The lowest BCUT2D eigenvalue weighted by molar-refractivity contribution is -0.116. The molecule has 32 heavy (non-hydrogen) atoms. The Hall–Kier alpha value is -3.59. The summed E-state index contributed by atoms with van der Waals surface area (Å²) in [6.45, 7) is 2.95. The SMILES string of the molecule is CCOc1ccccc1C(=O)NCCCC(=O)Nc1nc(-c2ccc3c(c2)OCO3)cs1. The number of carbonyl (C=O) groups excluding carboxylic acids is 2. The van der Waals surface area contributed by atoms with Gasteiger partial charge in [-0.2, -0.15) is 0 Å². The van der Waals surface area contributed by atoms with Crippen molar-refractivity contribution in [3.8, 4) is 28.5 Å². The van der Waals surface area contributed by atoms with Crippen LogP contribution in [-0.2, 0) is 4.79 Å². The number of fused-ring (bicyclic) bond motifs is 1. The number of thiazole rings is 1. The van der Waals surface area contributed by atoms with E-state index in [2.05, 4.69) is 15.6 Å². The summed E-state index contributed by atoms with van der Waals surface area (Å²) < 4.78 is 16.2. The zero-order valence-electron chi connectivity index (χ0n) is 17.6. The fourth-order valence-corrected chi connectivity index (χ4v) is 3.92. The fourth-order valence-electron chi connectivity index (χ4n) is 3.18. The Kier molecular flexibility index (Phi) is 6.86. The van der Waals surface area contributed by atoms with Crippen molar-refractivity contribution in [2.24, 2.45) is 0 Å². The molecule has 0 aliphatic carbocycles. The second kappa shape index (κ2) is 10.1. The zero-order valence-corrected chi connectivity index (χ0v) is 18.4. The highest BCUT2D eigenvalue weighted by Gasteiger charge is 2.16. The molecule has 166 valence electrons. The van der Waals surface area contributed by atoms with E-state index in [1.807, 2.05) is 36.6 Å². The quantitative estimate of drug-likeness (QED) is 0.474. The largest absolute Gasteiger partial charge is 0.493 e. The topological polar surface area (TPSA) is 98.8 Å². The van der Waals surface area contributed by atoms with E-state index < -0.39 is 0 Å². The first-order valence-electron chi connectivity index (χ1n) is 10.3. The number of carbonyl (C=O) groups is 2. The summed E-state index contributed by atoms with van der Waals surface area (Å²) >= 11 is 1.35. The van der Waals surface area contributed by atoms with Crippen LogP contribution in [0.4, 0.5) is 5.13 Å². The Balaban J connectivity index is 1.23. The lowest BCUT2D eigenvalue weighted by Crippen LogP contribution is -2.26. The normalized spacial score (nSPS) is 11.8. The minimum Gasteiger partial charge on any atom is -0.493 e. The van der Waals surface area contributed by atoms with Crippen LogP contribution in [0.1, 0.15) is 30.1 Å². The van der Waals surface area contributed by atoms with Crippen LogP contribution in [0, 0.1) is 0 Å². The maximum absolute atomic E-state index is 12.4. The van der Waals surface area contributed by atoms with Gasteiger partial charge in [-0.1, -0.05) is 12.1 Å². The smallest absolute Gasteiger partial charge is 0.255 e. The molecule has 2 amide bonds. The number of hydrogen-bond acceptors (Lipinski definition) is 7. The van der Waals surface area contributed by atoms with E-state index in [1.165, 1.54) is 11.3 Å². The standard InChI is InChI=1S/C23H23N3O5S/c1-2-29-18-7-4-3-6-16(18)22(28)24-11-5-8-21(27)26-23-25-17(13-32-23)15-9-10-19-20(12-15)31-14-30-19/h3-4,6-7,9-10,12-13H,2,5,8,11,14H2,1H3,(H,24,28)(H,25,26,27). The first-order valence-corrected chi connectivity index (χ1v) is 11.2. The van der Waals surface area contributed by atoms with Crippen LogP contribution in [0.2, 0.25) is 0 Å². The van der Waals surface area contributed by atoms with Gasteiger partial charge in [0.05, 0.1) is 17.9 Å². The van der Waals surface area contributed by atoms with Gasteiger partial charge in [0.15, 0.2) is 16.6 Å². The first-order chi connectivity index (χ1) is 15.6. The van der Waals surface area contributed by atoms with Gasteiger partial charge in [0.1, 0.15) is 5.75 Å². The maximum Gasteiger partial charge on any atom is 0.255 e. The minimum absolute atomic E-state index is 0.152. The van der Waals surface area contributed by atoms with Gasteiger partial charge >= 0.3 is 0 Å². The number of para-hydroxylation sites is 1. The molecule has 0 fully saturated rings. The van der Waals surface area contributed by atoms with Gasteiger partial charge in [-0.05, 0) is 43.7 Å². The molecule has 0 unspecified atom stereocenters. The highest BCUT2D eigenvalue weighted by Crippen LogP contribution is 2.36. The van der Waals surface area contributed by atoms with E-state index >= 15 is 0 Å². The molecule has 0 saturated carbocycles. The highest BCUT2D eigenvalue weighted by atomic mass is 32.1. The number of rotatable bonds is 9. The lowest BCUT2D eigenvalue weighted by Gasteiger charge is -2.10. The molecule has 2 aromatic carbocycles. The summed E-state index contributed by atoms with van der Waals surface area (Å²) in [5.41, 5.74) is 2.13. The minimum atomic E-state index is -0.220. The number of aromatic nitrogens is 1. The Morgan fingerprint density at radius 1 is 1.16 bits per heavy atom. The van der Waals surface area contributed by atoms with E-state index in [1.54, 1.807) is 18.2 Å². The third-order valence-electron chi connectivity index (χ3n) is 4.72. The highest BCUT2D eigenvalue weighted by molar-refractivity contribution is 7.14. The van der Waals surface area contributed by atoms with Crippen molar-refractivity contribution in [2.75, 3.05) is 25.3 Å². The van der Waals surface area contributed by atoms with E-state index in [4.69, 9.17) is 14.2 Å². The van der Waals surface area contributed by atoms with Gasteiger partial charge in [0.25, 0.3) is 5.91 Å². The number of nitrogens with one attached hydrogen (secondary N) is 2. The molecule has 0 radical (unpaired) electrons. The van der Waals surface area contributed by atoms with Crippen molar-refractivity contribution >= 4 is 28.3 Å². The van der Waals surface area contributed by atoms with Gasteiger partial charge < -0.3 is 24.8 Å². The van der Waals surface area contributed by atoms with Crippen LogP contribution in [0.15, 0.2) is 47.8 Å². The molecule has 0 saturated heterocycles. The van der Waals surface area contributed by atoms with Gasteiger partial charge in [-0.15, -0.1) is 11.3 Å². The second-order valence-corrected chi connectivity index (χ2v) is 7.80. The molecular formula is C23H23N3O5S. The predicted molar refractivity (Wildman–Crippen MR) is 121 cm³/mol. The Morgan fingerprint density at radius 2 is 2.00 bits per heavy atom. The Labute approximate surface area is 189 Å². The number of amides is 2. The summed E-state index contributed by atoms with van der Waals surface area (Å²) in [6.07, 6.45) is 0.779. The number of hydrogen-bond donors (Lipinski definition) is 2. The van der Waals surface area contributed by atoms with Gasteiger partial charge in [0, 0.05) is 23.9 Å². The van der Waals surface area contributed by atoms with Gasteiger partial charge in [0.2, 0.25) is 12.7 Å². The molecule has 0 atom stereocenters. The molecule has 9 heteroatoms. The van der Waals surface area contributed by atoms with Crippen LogP contribution in [0.5, 0.6) is 17.2 Å². The number of ether oxygens (including phenoxy) is 3. The third kappa shape index (κ3) is 5.17. The van der Waals surface area contributed by atoms with Crippen molar-refractivity contribution in [1.82, 2.24) is 10.3 Å². The Morgan fingerprint density at radius 3 is 2.88 bits per heavy atom. The molecule has 1 aromatic heterocycles. The molecule has 0 bridgehead atoms. The van der Waals surface area contributed by atoms with Crippen molar-refractivity contribution in [1.29, 1.82) is 0 Å². The average Bonchev–Trinajstić information content (AvgIpc) is 3.46. The summed E-state index contributed by atoms with van der Waals surface area (Å²) in [7, 11) is 0. The molecule has 1 aliphatic rings. The van der Waals surface area contributed by atoms with Gasteiger partial charge in [-0.25, -0.2) is 4.98 Å². The molecule has 2 N–H and O–H groups in total. The lowest BCUT2D eigenvalue weighted by atomic mass is 10.1. The average molecular weight is 454 g/mol. The molecule has 3 aromatic rings. The monoisotopic (exact) mass is 453 g/mol. The molecule has 1 aliphatic heterocycles. The van der Waals surface area contributed by atoms with E-state index in [0.29, 0.717) is 47.5 Å². The first kappa shape index (κ1) is 21.6. The summed E-state index contributed by atoms with van der Waals surface area (Å²) in [5, 5.41) is 8.04. The van der Waals surface area contributed by atoms with Crippen molar-refractivity contribution < 1.29 is 23.8 Å². The van der Waals surface area contributed by atoms with Crippen LogP contribution in [-0.4, -0.2) is 36.7 Å². The molecular weight excluding hydrogens is 430 g/mol. The molecule has 2 heterocycles. The van der Waals surface area contributed by atoms with E-state index in [0.717, 1.165) is 11.3 Å². The molecule has 4 rings (SSSR count). The van der Waals surface area contributed by atoms with Crippen LogP contribution < -0.4 is 24.8 Å². The van der Waals surface area contributed by atoms with Crippen LogP contribution >= 0.6 is 11.3 Å². The van der Waals surface area contributed by atoms with E-state index in [-0.39, 0.29) is 25.0 Å². The maximum atomic E-state index is 12.4. The number of benzene rings is 2. The van der Waals surface area contributed by atoms with Crippen molar-refractivity contribution in [3.05, 3.63) is 53.4 Å². The zero-order chi connectivity index (χ0) is 22.3. The molecule has 0 spiro atoms. The van der Waals surface area contributed by atoms with Crippen LogP contribution in [0.25, 0.3) is 11.3 Å². The Bertz CT molecular complexity index is 1110. The van der Waals surface area contributed by atoms with Gasteiger partial charge in [-0.3, -0.25) is 9.59 Å². The summed E-state index contributed by atoms with van der Waals surface area (Å²) in [6, 6.07) is 12.7. The molecule has 8 nitrogen and oxygen atoms in total.